The fourth-order valence-electron chi connectivity index (χ4n) is 2.15. The highest BCUT2D eigenvalue weighted by Gasteiger charge is 2.02. The molecule has 0 spiro atoms. The van der Waals surface area contributed by atoms with Crippen molar-refractivity contribution in [3.05, 3.63) is 66.4 Å². The highest BCUT2D eigenvalue weighted by Crippen LogP contribution is 2.15. The molecule has 5 nitrogen and oxygen atoms in total. The van der Waals surface area contributed by atoms with E-state index in [-0.39, 0.29) is 0 Å². The molecule has 3 rings (SSSR count). The summed E-state index contributed by atoms with van der Waals surface area (Å²) >= 11 is 0. The second-order valence-electron chi connectivity index (χ2n) is 4.80. The third-order valence-corrected chi connectivity index (χ3v) is 3.36. The van der Waals surface area contributed by atoms with E-state index in [4.69, 9.17) is 5.73 Å². The minimum Gasteiger partial charge on any atom is -0.398 e. The highest BCUT2D eigenvalue weighted by molar-refractivity contribution is 5.50. The van der Waals surface area contributed by atoms with Crippen LogP contribution in [0.3, 0.4) is 0 Å². The molecule has 0 fully saturated rings. The normalized spacial score (nSPS) is 10.5. The van der Waals surface area contributed by atoms with Crippen LogP contribution in [0.5, 0.6) is 0 Å². The third kappa shape index (κ3) is 2.86. The molecule has 5 heteroatoms. The Morgan fingerprint density at radius 2 is 2.00 bits per heavy atom. The van der Waals surface area contributed by atoms with Gasteiger partial charge in [-0.05, 0) is 30.7 Å². The maximum Gasteiger partial charge on any atom is 0.138 e. The molecule has 0 saturated carbocycles. The SMILES string of the molecule is Cc1nccn1-c1ccc(NCc2ccccc2N)cn1. The van der Waals surface area contributed by atoms with Gasteiger partial charge in [0.25, 0.3) is 0 Å². The first kappa shape index (κ1) is 13.2. The topological polar surface area (TPSA) is 68.8 Å². The average molecular weight is 279 g/mol. The molecule has 0 aliphatic rings. The summed E-state index contributed by atoms with van der Waals surface area (Å²) in [6.45, 7) is 2.63. The molecular weight excluding hydrogens is 262 g/mol. The first-order chi connectivity index (χ1) is 10.2. The van der Waals surface area contributed by atoms with Crippen LogP contribution in [0, 0.1) is 6.92 Å². The van der Waals surface area contributed by atoms with Crippen LogP contribution in [0.25, 0.3) is 5.82 Å². The molecule has 2 heterocycles. The van der Waals surface area contributed by atoms with Gasteiger partial charge in [-0.2, -0.15) is 0 Å². The van der Waals surface area contributed by atoms with Crippen LogP contribution >= 0.6 is 0 Å². The van der Waals surface area contributed by atoms with Crippen molar-refractivity contribution >= 4 is 11.4 Å². The predicted molar refractivity (Wildman–Crippen MR) is 84.3 cm³/mol. The number of benzene rings is 1. The molecule has 21 heavy (non-hydrogen) atoms. The van der Waals surface area contributed by atoms with Crippen LogP contribution in [-0.2, 0) is 6.54 Å². The maximum absolute atomic E-state index is 5.92. The van der Waals surface area contributed by atoms with Gasteiger partial charge in [0.1, 0.15) is 11.6 Å². The lowest BCUT2D eigenvalue weighted by atomic mass is 10.2. The number of nitrogens with zero attached hydrogens (tertiary/aromatic N) is 3. The van der Waals surface area contributed by atoms with Crippen molar-refractivity contribution in [3.8, 4) is 5.82 Å². The van der Waals surface area contributed by atoms with Crippen molar-refractivity contribution in [2.45, 2.75) is 13.5 Å². The molecule has 0 atom stereocenters. The lowest BCUT2D eigenvalue weighted by Crippen LogP contribution is -2.04. The Labute approximate surface area is 123 Å². The number of para-hydroxylation sites is 1. The number of nitrogens with two attached hydrogens (primary N) is 1. The van der Waals surface area contributed by atoms with Crippen molar-refractivity contribution in [2.75, 3.05) is 11.1 Å². The van der Waals surface area contributed by atoms with Crippen LogP contribution in [0.1, 0.15) is 11.4 Å². The largest absolute Gasteiger partial charge is 0.398 e. The Hall–Kier alpha value is -2.82. The fraction of sp³-hybridized carbons (Fsp3) is 0.125. The van der Waals surface area contributed by atoms with E-state index in [0.717, 1.165) is 28.6 Å². The molecular formula is C16H17N5. The number of nitrogens with one attached hydrogen (secondary N) is 1. The van der Waals surface area contributed by atoms with Gasteiger partial charge in [0.05, 0.1) is 11.9 Å². The van der Waals surface area contributed by atoms with Gasteiger partial charge in [-0.3, -0.25) is 4.57 Å². The average Bonchev–Trinajstić information content (AvgIpc) is 2.93. The number of aromatic nitrogens is 3. The predicted octanol–water partition coefficient (Wildman–Crippen LogP) is 2.77. The summed E-state index contributed by atoms with van der Waals surface area (Å²) in [5.74, 6) is 1.77. The summed E-state index contributed by atoms with van der Waals surface area (Å²) in [6.07, 6.45) is 5.48. The molecule has 0 amide bonds. The fourth-order valence-corrected chi connectivity index (χ4v) is 2.15. The van der Waals surface area contributed by atoms with E-state index in [2.05, 4.69) is 15.3 Å². The summed E-state index contributed by atoms with van der Waals surface area (Å²) in [7, 11) is 0. The molecule has 0 unspecified atom stereocenters. The molecule has 0 radical (unpaired) electrons. The Morgan fingerprint density at radius 1 is 1.14 bits per heavy atom. The van der Waals surface area contributed by atoms with Gasteiger partial charge in [-0.1, -0.05) is 18.2 Å². The zero-order valence-electron chi connectivity index (χ0n) is 11.8. The van der Waals surface area contributed by atoms with E-state index in [9.17, 15) is 0 Å². The number of hydrogen-bond donors (Lipinski definition) is 2. The second-order valence-corrected chi connectivity index (χ2v) is 4.80. The van der Waals surface area contributed by atoms with Crippen LogP contribution in [0.15, 0.2) is 55.0 Å². The molecule has 1 aromatic carbocycles. The lowest BCUT2D eigenvalue weighted by Gasteiger charge is -2.09. The first-order valence-corrected chi connectivity index (χ1v) is 6.77. The summed E-state index contributed by atoms with van der Waals surface area (Å²) in [4.78, 5) is 8.64. The number of anilines is 2. The van der Waals surface area contributed by atoms with Gasteiger partial charge in [0.15, 0.2) is 0 Å². The summed E-state index contributed by atoms with van der Waals surface area (Å²) < 4.78 is 1.94. The van der Waals surface area contributed by atoms with Crippen LogP contribution in [0.2, 0.25) is 0 Å². The molecule has 0 bridgehead atoms. The lowest BCUT2D eigenvalue weighted by molar-refractivity contribution is 0.932. The molecule has 0 aliphatic carbocycles. The molecule has 0 aliphatic heterocycles. The summed E-state index contributed by atoms with van der Waals surface area (Å²) in [6, 6.07) is 11.8. The number of hydrogen-bond acceptors (Lipinski definition) is 4. The molecule has 2 aromatic heterocycles. The van der Waals surface area contributed by atoms with Crippen molar-refractivity contribution < 1.29 is 0 Å². The Balaban J connectivity index is 1.71. The summed E-state index contributed by atoms with van der Waals surface area (Å²) in [5, 5.41) is 3.32. The van der Waals surface area contributed by atoms with E-state index in [0.29, 0.717) is 6.54 Å². The van der Waals surface area contributed by atoms with E-state index >= 15 is 0 Å². The van der Waals surface area contributed by atoms with Gasteiger partial charge in [0, 0.05) is 24.6 Å². The third-order valence-electron chi connectivity index (χ3n) is 3.36. The second kappa shape index (κ2) is 5.66. The first-order valence-electron chi connectivity index (χ1n) is 6.77. The maximum atomic E-state index is 5.92. The smallest absolute Gasteiger partial charge is 0.138 e. The number of aryl methyl sites for hydroxylation is 1. The Bertz CT molecular complexity index is 730. The quantitative estimate of drug-likeness (QED) is 0.721. The zero-order valence-corrected chi connectivity index (χ0v) is 11.8. The van der Waals surface area contributed by atoms with Gasteiger partial charge < -0.3 is 11.1 Å². The Kier molecular flexibility index (Phi) is 3.55. The molecule has 106 valence electrons. The number of imidazole rings is 1. The monoisotopic (exact) mass is 279 g/mol. The van der Waals surface area contributed by atoms with Crippen molar-refractivity contribution in [2.24, 2.45) is 0 Å². The van der Waals surface area contributed by atoms with Gasteiger partial charge in [-0.25, -0.2) is 9.97 Å². The van der Waals surface area contributed by atoms with Crippen LogP contribution in [0.4, 0.5) is 11.4 Å². The van der Waals surface area contributed by atoms with E-state index < -0.39 is 0 Å². The number of pyridine rings is 1. The van der Waals surface area contributed by atoms with Gasteiger partial charge in [0.2, 0.25) is 0 Å². The van der Waals surface area contributed by atoms with Crippen LogP contribution < -0.4 is 11.1 Å². The summed E-state index contributed by atoms with van der Waals surface area (Å²) in [5.41, 5.74) is 8.75. The van der Waals surface area contributed by atoms with E-state index in [1.54, 1.807) is 6.20 Å². The minimum absolute atomic E-state index is 0.678. The minimum atomic E-state index is 0.678. The Morgan fingerprint density at radius 3 is 2.67 bits per heavy atom. The molecule has 3 aromatic rings. The van der Waals surface area contributed by atoms with E-state index in [1.165, 1.54) is 0 Å². The number of nitrogen functional groups attached to an aromatic ring is 1. The standard InChI is InChI=1S/C16H17N5/c1-12-18-8-9-21(12)16-7-6-14(11-20-16)19-10-13-4-2-3-5-15(13)17/h2-9,11,19H,10,17H2,1H3. The zero-order chi connectivity index (χ0) is 14.7. The van der Waals surface area contributed by atoms with Crippen molar-refractivity contribution in [1.29, 1.82) is 0 Å². The van der Waals surface area contributed by atoms with Crippen LogP contribution in [-0.4, -0.2) is 14.5 Å². The molecule has 0 saturated heterocycles. The van der Waals surface area contributed by atoms with E-state index in [1.807, 2.05) is 60.3 Å². The molecule has 3 N–H and O–H groups in total. The van der Waals surface area contributed by atoms with Gasteiger partial charge in [-0.15, -0.1) is 0 Å². The number of rotatable bonds is 4. The van der Waals surface area contributed by atoms with Gasteiger partial charge >= 0.3 is 0 Å². The highest BCUT2D eigenvalue weighted by atomic mass is 15.1. The van der Waals surface area contributed by atoms with Crippen molar-refractivity contribution in [1.82, 2.24) is 14.5 Å². The van der Waals surface area contributed by atoms with Crippen molar-refractivity contribution in [3.63, 3.8) is 0 Å².